The van der Waals surface area contributed by atoms with Crippen molar-refractivity contribution in [2.24, 2.45) is 0 Å². The number of carboxylic acids is 1. The number of carboxylic acid groups (broad SMARTS) is 1. The van der Waals surface area contributed by atoms with E-state index in [2.05, 4.69) is 0 Å². The lowest BCUT2D eigenvalue weighted by molar-refractivity contribution is -0.139. The van der Waals surface area contributed by atoms with E-state index in [1.807, 2.05) is 6.07 Å². The van der Waals surface area contributed by atoms with Gasteiger partial charge in [0.15, 0.2) is 0 Å². The van der Waals surface area contributed by atoms with E-state index in [1.165, 1.54) is 19.1 Å². The van der Waals surface area contributed by atoms with Crippen LogP contribution in [0.4, 0.5) is 13.2 Å². The van der Waals surface area contributed by atoms with E-state index in [4.69, 9.17) is 5.11 Å². The molecular formula is C24H27F3O3. The molecule has 0 aliphatic heterocycles. The first-order valence-electron chi connectivity index (χ1n) is 10.1. The van der Waals surface area contributed by atoms with E-state index < -0.39 is 23.1 Å². The number of alkyl halides is 3. The zero-order valence-electron chi connectivity index (χ0n) is 17.0. The molecule has 1 N–H and O–H groups in total. The van der Waals surface area contributed by atoms with Crippen LogP contribution in [0.5, 0.6) is 0 Å². The Labute approximate surface area is 174 Å². The Kier molecular flexibility index (Phi) is 8.21. The van der Waals surface area contributed by atoms with Crippen molar-refractivity contribution < 1.29 is 27.9 Å². The van der Waals surface area contributed by atoms with Gasteiger partial charge in [-0.3, -0.25) is 9.59 Å². The molecule has 0 bridgehead atoms. The summed E-state index contributed by atoms with van der Waals surface area (Å²) in [7, 11) is 0. The molecule has 0 aliphatic carbocycles. The van der Waals surface area contributed by atoms with Gasteiger partial charge in [0.25, 0.3) is 0 Å². The topological polar surface area (TPSA) is 54.4 Å². The number of Topliss-reactive ketones (excluding diaryl/α,β-unsaturated/α-hetero) is 1. The molecule has 0 saturated carbocycles. The molecule has 0 amide bonds. The van der Waals surface area contributed by atoms with Crippen molar-refractivity contribution in [2.45, 2.75) is 63.5 Å². The normalized spacial score (nSPS) is 13.6. The first-order valence-corrected chi connectivity index (χ1v) is 10.1. The second-order valence-electron chi connectivity index (χ2n) is 7.64. The lowest BCUT2D eigenvalue weighted by atomic mass is 9.69. The molecule has 0 fully saturated rings. The molecule has 2 aromatic carbocycles. The van der Waals surface area contributed by atoms with Crippen LogP contribution in [0.2, 0.25) is 0 Å². The highest BCUT2D eigenvalue weighted by atomic mass is 19.4. The monoisotopic (exact) mass is 420 g/mol. The van der Waals surface area contributed by atoms with Gasteiger partial charge >= 0.3 is 12.1 Å². The summed E-state index contributed by atoms with van der Waals surface area (Å²) in [6.45, 7) is 1.44. The second kappa shape index (κ2) is 10.4. The van der Waals surface area contributed by atoms with Crippen molar-refractivity contribution in [3.63, 3.8) is 0 Å². The van der Waals surface area contributed by atoms with E-state index in [0.717, 1.165) is 12.5 Å². The number of aliphatic carboxylic acids is 1. The van der Waals surface area contributed by atoms with Crippen molar-refractivity contribution in [3.8, 4) is 0 Å². The maximum Gasteiger partial charge on any atom is 0.416 e. The molecule has 1 unspecified atom stereocenters. The van der Waals surface area contributed by atoms with Gasteiger partial charge in [-0.25, -0.2) is 0 Å². The van der Waals surface area contributed by atoms with E-state index in [9.17, 15) is 22.8 Å². The average Bonchev–Trinajstić information content (AvgIpc) is 2.69. The van der Waals surface area contributed by atoms with Gasteiger partial charge in [-0.2, -0.15) is 13.2 Å². The maximum atomic E-state index is 13.6. The third kappa shape index (κ3) is 6.18. The van der Waals surface area contributed by atoms with Crippen LogP contribution in [0.15, 0.2) is 54.6 Å². The van der Waals surface area contributed by atoms with E-state index in [0.29, 0.717) is 31.2 Å². The van der Waals surface area contributed by atoms with Crippen LogP contribution in [0, 0.1) is 0 Å². The fraction of sp³-hybridized carbons (Fsp3) is 0.417. The van der Waals surface area contributed by atoms with Crippen LogP contribution >= 0.6 is 0 Å². The van der Waals surface area contributed by atoms with E-state index in [1.54, 1.807) is 30.3 Å². The molecule has 3 nitrogen and oxygen atoms in total. The SMILES string of the molecule is CC(=O)C(CCCCCCC(=O)O)(Cc1ccccc1C(F)(F)F)c1ccccc1. The fourth-order valence-corrected chi connectivity index (χ4v) is 3.93. The quantitative estimate of drug-likeness (QED) is 0.440. The van der Waals surface area contributed by atoms with Crippen molar-refractivity contribution in [1.82, 2.24) is 0 Å². The van der Waals surface area contributed by atoms with Gasteiger partial charge in [-0.1, -0.05) is 67.8 Å². The highest BCUT2D eigenvalue weighted by Gasteiger charge is 2.40. The Morgan fingerprint density at radius 3 is 2.07 bits per heavy atom. The largest absolute Gasteiger partial charge is 0.481 e. The van der Waals surface area contributed by atoms with Crippen molar-refractivity contribution in [3.05, 3.63) is 71.3 Å². The molecule has 162 valence electrons. The minimum absolute atomic E-state index is 0.0306. The van der Waals surface area contributed by atoms with Crippen LogP contribution in [0.3, 0.4) is 0 Å². The van der Waals surface area contributed by atoms with Gasteiger partial charge < -0.3 is 5.11 Å². The van der Waals surface area contributed by atoms with Gasteiger partial charge in [0.2, 0.25) is 0 Å². The van der Waals surface area contributed by atoms with Gasteiger partial charge in [0, 0.05) is 6.42 Å². The lowest BCUT2D eigenvalue weighted by Crippen LogP contribution is -2.37. The third-order valence-corrected chi connectivity index (χ3v) is 5.56. The number of carbonyl (C=O) groups is 2. The molecule has 1 atom stereocenters. The third-order valence-electron chi connectivity index (χ3n) is 5.56. The number of halogens is 3. The predicted molar refractivity (Wildman–Crippen MR) is 109 cm³/mol. The molecule has 0 aliphatic rings. The Morgan fingerprint density at radius 1 is 0.867 bits per heavy atom. The zero-order chi connectivity index (χ0) is 22.2. The Hall–Kier alpha value is -2.63. The predicted octanol–water partition coefficient (Wildman–Crippen LogP) is 6.20. The van der Waals surface area contributed by atoms with Gasteiger partial charge in [0.1, 0.15) is 5.78 Å². The molecule has 2 aromatic rings. The van der Waals surface area contributed by atoms with Gasteiger partial charge in [-0.05, 0) is 43.4 Å². The number of unbranched alkanes of at least 4 members (excludes halogenated alkanes) is 3. The minimum Gasteiger partial charge on any atom is -0.481 e. The second-order valence-corrected chi connectivity index (χ2v) is 7.64. The summed E-state index contributed by atoms with van der Waals surface area (Å²) in [4.78, 5) is 23.5. The summed E-state index contributed by atoms with van der Waals surface area (Å²) in [5.41, 5.74) is -0.960. The Bertz CT molecular complexity index is 846. The number of carbonyl (C=O) groups excluding carboxylic acids is 1. The number of hydrogen-bond donors (Lipinski definition) is 1. The first-order chi connectivity index (χ1) is 14.2. The Balaban J connectivity index is 2.32. The molecule has 0 radical (unpaired) electrons. The first kappa shape index (κ1) is 23.6. The van der Waals surface area contributed by atoms with Crippen molar-refractivity contribution in [1.29, 1.82) is 0 Å². The molecule has 6 heteroatoms. The summed E-state index contributed by atoms with van der Waals surface area (Å²) in [5, 5.41) is 8.74. The molecule has 0 saturated heterocycles. The summed E-state index contributed by atoms with van der Waals surface area (Å²) in [6.07, 6.45) is -1.43. The van der Waals surface area contributed by atoms with Crippen LogP contribution in [0.25, 0.3) is 0 Å². The van der Waals surface area contributed by atoms with Crippen molar-refractivity contribution >= 4 is 11.8 Å². The average molecular weight is 420 g/mol. The summed E-state index contributed by atoms with van der Waals surface area (Å²) in [6, 6.07) is 14.4. The Morgan fingerprint density at radius 2 is 1.47 bits per heavy atom. The highest BCUT2D eigenvalue weighted by Crippen LogP contribution is 2.39. The highest BCUT2D eigenvalue weighted by molar-refractivity contribution is 5.88. The number of rotatable bonds is 11. The number of benzene rings is 2. The minimum atomic E-state index is -4.49. The number of ketones is 1. The number of hydrogen-bond acceptors (Lipinski definition) is 2. The summed E-state index contributed by atoms with van der Waals surface area (Å²) >= 11 is 0. The molecule has 30 heavy (non-hydrogen) atoms. The van der Waals surface area contributed by atoms with Crippen LogP contribution < -0.4 is 0 Å². The molecular weight excluding hydrogens is 393 g/mol. The molecule has 0 spiro atoms. The molecule has 0 aromatic heterocycles. The smallest absolute Gasteiger partial charge is 0.416 e. The summed E-state index contributed by atoms with van der Waals surface area (Å²) < 4.78 is 40.7. The van der Waals surface area contributed by atoms with E-state index >= 15 is 0 Å². The van der Waals surface area contributed by atoms with E-state index in [-0.39, 0.29) is 24.2 Å². The van der Waals surface area contributed by atoms with Gasteiger partial charge in [-0.15, -0.1) is 0 Å². The lowest BCUT2D eigenvalue weighted by Gasteiger charge is -2.33. The van der Waals surface area contributed by atoms with Crippen molar-refractivity contribution in [2.75, 3.05) is 0 Å². The molecule has 2 rings (SSSR count). The van der Waals surface area contributed by atoms with Crippen LogP contribution in [-0.2, 0) is 27.6 Å². The van der Waals surface area contributed by atoms with Crippen LogP contribution in [0.1, 0.15) is 62.1 Å². The standard InChI is InChI=1S/C24H27F3O3/c1-18(28)23(20-12-5-4-6-13-20,16-10-3-2-7-15-22(29)30)17-19-11-8-9-14-21(19)24(25,26)27/h4-6,8-9,11-14H,2-3,7,10,15-17H2,1H3,(H,29,30). The van der Waals surface area contributed by atoms with Gasteiger partial charge in [0.05, 0.1) is 11.0 Å². The fourth-order valence-electron chi connectivity index (χ4n) is 3.93. The molecule has 0 heterocycles. The summed E-state index contributed by atoms with van der Waals surface area (Å²) in [5.74, 6) is -1.02. The zero-order valence-corrected chi connectivity index (χ0v) is 17.0. The maximum absolute atomic E-state index is 13.6. The van der Waals surface area contributed by atoms with Crippen LogP contribution in [-0.4, -0.2) is 16.9 Å².